The summed E-state index contributed by atoms with van der Waals surface area (Å²) in [7, 11) is 2.90. The molecule has 6 rings (SSSR count). The van der Waals surface area contributed by atoms with Gasteiger partial charge in [0.2, 0.25) is 11.8 Å². The van der Waals surface area contributed by atoms with Crippen LogP contribution in [0.15, 0.2) is 72.9 Å². The van der Waals surface area contributed by atoms with Crippen LogP contribution in [0.1, 0.15) is 33.1 Å². The Balaban J connectivity index is 1.48. The van der Waals surface area contributed by atoms with E-state index in [0.29, 0.717) is 11.5 Å². The van der Waals surface area contributed by atoms with Gasteiger partial charge in [0.25, 0.3) is 0 Å². The number of alkyl halides is 3. The van der Waals surface area contributed by atoms with Gasteiger partial charge >= 0.3 is 6.18 Å². The molecule has 0 radical (unpaired) electrons. The largest absolute Gasteiger partial charge is 0.493 e. The fourth-order valence-electron chi connectivity index (χ4n) is 6.09. The lowest BCUT2D eigenvalue weighted by Crippen LogP contribution is -2.44. The van der Waals surface area contributed by atoms with Gasteiger partial charge in [0.05, 0.1) is 43.3 Å². The molecule has 2 amide bonds. The number of hydrogen-bond donors (Lipinski definition) is 0. The Morgan fingerprint density at radius 2 is 1.57 bits per heavy atom. The van der Waals surface area contributed by atoms with Gasteiger partial charge in [-0.05, 0) is 53.6 Å². The Hall–Kier alpha value is -4.60. The number of ketones is 1. The zero-order valence-corrected chi connectivity index (χ0v) is 21.4. The minimum absolute atomic E-state index is 0.178. The molecule has 10 heteroatoms. The second kappa shape index (κ2) is 9.25. The number of ether oxygens (including phenoxy) is 2. The standard InChI is InChI=1S/C30H23F3N2O5/c1-39-21-11-10-17(14-22(21)40-2)27(36)26-24-23(25-20-9-4-3-6-16(20)12-13-34(25)26)28(37)35(29(24)38)19-8-5-7-18(15-19)30(31,32)33/h3-15,23-26H,1-2H3/t23-,24+,25?,26-/m0/s1. The first-order valence-corrected chi connectivity index (χ1v) is 12.5. The van der Waals surface area contributed by atoms with Gasteiger partial charge in [-0.25, -0.2) is 4.90 Å². The number of Topliss-reactive ketones (excluding diaryl/α,β-unsaturated/α-hetero) is 1. The summed E-state index contributed by atoms with van der Waals surface area (Å²) in [4.78, 5) is 44.5. The molecule has 0 aromatic heterocycles. The smallest absolute Gasteiger partial charge is 0.416 e. The molecule has 3 aliphatic rings. The zero-order chi connectivity index (χ0) is 28.3. The summed E-state index contributed by atoms with van der Waals surface area (Å²) >= 11 is 0. The van der Waals surface area contributed by atoms with E-state index >= 15 is 0 Å². The molecule has 40 heavy (non-hydrogen) atoms. The van der Waals surface area contributed by atoms with Crippen molar-refractivity contribution < 1.29 is 37.0 Å². The van der Waals surface area contributed by atoms with Gasteiger partial charge in [-0.15, -0.1) is 0 Å². The summed E-state index contributed by atoms with van der Waals surface area (Å²) in [5.41, 5.74) is 0.678. The molecule has 3 aliphatic heterocycles. The minimum atomic E-state index is -4.66. The number of fused-ring (bicyclic) bond motifs is 5. The molecule has 0 N–H and O–H groups in total. The third-order valence-corrected chi connectivity index (χ3v) is 7.83. The van der Waals surface area contributed by atoms with Crippen molar-refractivity contribution in [3.8, 4) is 11.5 Å². The van der Waals surface area contributed by atoms with E-state index in [9.17, 15) is 27.6 Å². The van der Waals surface area contributed by atoms with Crippen molar-refractivity contribution in [2.45, 2.75) is 18.3 Å². The Labute approximate surface area is 227 Å². The van der Waals surface area contributed by atoms with E-state index in [1.807, 2.05) is 24.3 Å². The van der Waals surface area contributed by atoms with Crippen molar-refractivity contribution in [1.82, 2.24) is 4.90 Å². The maximum absolute atomic E-state index is 14.1. The monoisotopic (exact) mass is 548 g/mol. The molecule has 0 bridgehead atoms. The van der Waals surface area contributed by atoms with Gasteiger partial charge in [-0.3, -0.25) is 14.4 Å². The lowest BCUT2D eigenvalue weighted by Gasteiger charge is -2.35. The summed E-state index contributed by atoms with van der Waals surface area (Å²) in [5, 5.41) is 0. The maximum atomic E-state index is 14.1. The number of nitrogens with zero attached hydrogens (tertiary/aromatic N) is 2. The molecule has 0 aliphatic carbocycles. The molecule has 204 valence electrons. The second-order valence-corrected chi connectivity index (χ2v) is 9.83. The zero-order valence-electron chi connectivity index (χ0n) is 21.4. The van der Waals surface area contributed by atoms with E-state index in [4.69, 9.17) is 9.47 Å². The average molecular weight is 549 g/mol. The van der Waals surface area contributed by atoms with Crippen LogP contribution in [0.3, 0.4) is 0 Å². The predicted molar refractivity (Wildman–Crippen MR) is 139 cm³/mol. The number of benzene rings is 3. The van der Waals surface area contributed by atoms with Crippen LogP contribution in [-0.2, 0) is 15.8 Å². The van der Waals surface area contributed by atoms with Crippen molar-refractivity contribution in [2.75, 3.05) is 19.1 Å². The second-order valence-electron chi connectivity index (χ2n) is 9.83. The highest BCUT2D eigenvalue weighted by molar-refractivity contribution is 6.24. The Morgan fingerprint density at radius 3 is 2.30 bits per heavy atom. The number of methoxy groups -OCH3 is 2. The van der Waals surface area contributed by atoms with Gasteiger partial charge in [0, 0.05) is 11.8 Å². The van der Waals surface area contributed by atoms with Crippen molar-refractivity contribution in [1.29, 1.82) is 0 Å². The summed E-state index contributed by atoms with van der Waals surface area (Å²) in [6.45, 7) is 0. The van der Waals surface area contributed by atoms with E-state index in [-0.39, 0.29) is 11.3 Å². The minimum Gasteiger partial charge on any atom is -0.493 e. The first-order chi connectivity index (χ1) is 19.2. The number of carbonyl (C=O) groups excluding carboxylic acids is 3. The molecule has 3 aromatic carbocycles. The van der Waals surface area contributed by atoms with E-state index in [0.717, 1.165) is 34.2 Å². The number of anilines is 1. The lowest BCUT2D eigenvalue weighted by molar-refractivity contribution is -0.137. The number of halogens is 3. The molecule has 3 heterocycles. The number of rotatable bonds is 5. The third-order valence-electron chi connectivity index (χ3n) is 7.83. The molecule has 0 spiro atoms. The highest BCUT2D eigenvalue weighted by Crippen LogP contribution is 2.54. The quantitative estimate of drug-likeness (QED) is 0.326. The van der Waals surface area contributed by atoms with Crippen LogP contribution in [0.5, 0.6) is 11.5 Å². The van der Waals surface area contributed by atoms with E-state index in [1.54, 1.807) is 29.3 Å². The summed E-state index contributed by atoms with van der Waals surface area (Å²) < 4.78 is 51.0. The van der Waals surface area contributed by atoms with E-state index in [2.05, 4.69) is 0 Å². The molecule has 2 saturated heterocycles. The number of amides is 2. The van der Waals surface area contributed by atoms with Crippen molar-refractivity contribution in [3.05, 3.63) is 95.2 Å². The van der Waals surface area contributed by atoms with Gasteiger partial charge in [0.1, 0.15) is 6.04 Å². The molecule has 0 saturated carbocycles. The number of imide groups is 1. The van der Waals surface area contributed by atoms with Crippen LogP contribution in [0.4, 0.5) is 18.9 Å². The highest BCUT2D eigenvalue weighted by atomic mass is 19.4. The maximum Gasteiger partial charge on any atom is 0.416 e. The van der Waals surface area contributed by atoms with Crippen molar-refractivity contribution in [3.63, 3.8) is 0 Å². The molecule has 3 aromatic rings. The van der Waals surface area contributed by atoms with Crippen LogP contribution in [0, 0.1) is 11.8 Å². The SMILES string of the molecule is COc1ccc(C(=O)[C@@H]2[C@@H]3C(=O)N(c4cccc(C(F)(F)F)c4)C(=O)[C@@H]3C3c4ccccc4C=CN32)cc1OC. The topological polar surface area (TPSA) is 76.2 Å². The molecule has 1 unspecified atom stereocenters. The summed E-state index contributed by atoms with van der Waals surface area (Å²) in [6, 6.07) is 14.4. The Kier molecular flexibility index (Phi) is 5.94. The number of hydrogen-bond acceptors (Lipinski definition) is 6. The first kappa shape index (κ1) is 25.7. The summed E-state index contributed by atoms with van der Waals surface area (Å²) in [6.07, 6.45) is -1.13. The van der Waals surface area contributed by atoms with Crippen molar-refractivity contribution in [2.24, 2.45) is 11.8 Å². The first-order valence-electron chi connectivity index (χ1n) is 12.5. The van der Waals surface area contributed by atoms with E-state index in [1.165, 1.54) is 26.4 Å². The van der Waals surface area contributed by atoms with Crippen molar-refractivity contribution >= 4 is 29.4 Å². The van der Waals surface area contributed by atoms with Crippen LogP contribution in [0.25, 0.3) is 6.08 Å². The molecule has 7 nitrogen and oxygen atoms in total. The fraction of sp³-hybridized carbons (Fsp3) is 0.233. The van der Waals surface area contributed by atoms with Gasteiger partial charge in [0.15, 0.2) is 17.3 Å². The Morgan fingerprint density at radius 1 is 0.850 bits per heavy atom. The Bertz CT molecular complexity index is 1580. The predicted octanol–water partition coefficient (Wildman–Crippen LogP) is 5.12. The van der Waals surface area contributed by atoms with Crippen LogP contribution >= 0.6 is 0 Å². The lowest BCUT2D eigenvalue weighted by atomic mass is 9.83. The molecule has 4 atom stereocenters. The normalized spacial score (nSPS) is 23.1. The van der Waals surface area contributed by atoms with Crippen LogP contribution in [0.2, 0.25) is 0 Å². The van der Waals surface area contributed by atoms with Crippen LogP contribution < -0.4 is 14.4 Å². The highest BCUT2D eigenvalue weighted by Gasteiger charge is 2.64. The van der Waals surface area contributed by atoms with Gasteiger partial charge in [-0.1, -0.05) is 30.3 Å². The molecular formula is C30H23F3N2O5. The molecule has 2 fully saturated rings. The average Bonchev–Trinajstić information content (AvgIpc) is 3.44. The third kappa shape index (κ3) is 3.77. The van der Waals surface area contributed by atoms with E-state index < -0.39 is 53.3 Å². The van der Waals surface area contributed by atoms with Gasteiger partial charge < -0.3 is 14.4 Å². The molecular weight excluding hydrogens is 525 g/mol. The fourth-order valence-corrected chi connectivity index (χ4v) is 6.09. The number of carbonyl (C=O) groups is 3. The van der Waals surface area contributed by atoms with Crippen LogP contribution in [-0.4, -0.2) is 42.8 Å². The van der Waals surface area contributed by atoms with Gasteiger partial charge in [-0.2, -0.15) is 13.2 Å². The summed E-state index contributed by atoms with van der Waals surface area (Å²) in [5.74, 6) is -3.15.